The Morgan fingerprint density at radius 3 is 2.42 bits per heavy atom. The molecule has 26 heavy (non-hydrogen) atoms. The standard InChI is InChI=1S/C17H28N6O2.HI/c1-12-7-6-8-13(21-12)22-14(24)9-10-19-16(18-5)20-11-15(25)23-17(2,3)4;/h6-8H,9-11H2,1-5H3,(H,23,25)(H2,18,19,20)(H,21,22,24);1H. The number of nitrogens with zero attached hydrogens (tertiary/aromatic N) is 2. The molecule has 8 nitrogen and oxygen atoms in total. The first-order valence-electron chi connectivity index (χ1n) is 8.18. The van der Waals surface area contributed by atoms with E-state index < -0.39 is 0 Å². The second-order valence-electron chi connectivity index (χ2n) is 6.61. The van der Waals surface area contributed by atoms with Gasteiger partial charge in [0.05, 0.1) is 6.54 Å². The summed E-state index contributed by atoms with van der Waals surface area (Å²) in [6.07, 6.45) is 0.254. The van der Waals surface area contributed by atoms with E-state index in [1.807, 2.05) is 39.8 Å². The number of carbonyl (C=O) groups excluding carboxylic acids is 2. The molecule has 1 aromatic heterocycles. The van der Waals surface area contributed by atoms with E-state index in [1.165, 1.54) is 0 Å². The van der Waals surface area contributed by atoms with Crippen LogP contribution in [0.2, 0.25) is 0 Å². The van der Waals surface area contributed by atoms with Gasteiger partial charge in [0, 0.05) is 31.2 Å². The van der Waals surface area contributed by atoms with Crippen LogP contribution >= 0.6 is 24.0 Å². The van der Waals surface area contributed by atoms with Gasteiger partial charge in [-0.05, 0) is 39.8 Å². The van der Waals surface area contributed by atoms with Crippen molar-refractivity contribution in [1.82, 2.24) is 20.9 Å². The third-order valence-electron chi connectivity index (χ3n) is 2.95. The number of nitrogens with one attached hydrogen (secondary N) is 4. The Hall–Kier alpha value is -1.91. The smallest absolute Gasteiger partial charge is 0.239 e. The van der Waals surface area contributed by atoms with Crippen molar-refractivity contribution in [1.29, 1.82) is 0 Å². The first-order chi connectivity index (χ1) is 11.7. The van der Waals surface area contributed by atoms with Gasteiger partial charge < -0.3 is 21.3 Å². The predicted molar refractivity (Wildman–Crippen MR) is 115 cm³/mol. The van der Waals surface area contributed by atoms with Crippen molar-refractivity contribution in [3.8, 4) is 0 Å². The van der Waals surface area contributed by atoms with Crippen LogP contribution < -0.4 is 21.3 Å². The van der Waals surface area contributed by atoms with Gasteiger partial charge in [-0.1, -0.05) is 6.07 Å². The molecule has 0 saturated heterocycles. The third-order valence-corrected chi connectivity index (χ3v) is 2.95. The van der Waals surface area contributed by atoms with Crippen molar-refractivity contribution < 1.29 is 9.59 Å². The van der Waals surface area contributed by atoms with Gasteiger partial charge in [0.25, 0.3) is 0 Å². The van der Waals surface area contributed by atoms with Crippen LogP contribution in [0.5, 0.6) is 0 Å². The van der Waals surface area contributed by atoms with Crippen LogP contribution in [-0.4, -0.2) is 48.4 Å². The van der Waals surface area contributed by atoms with E-state index in [4.69, 9.17) is 0 Å². The Balaban J connectivity index is 0.00000625. The molecule has 0 radical (unpaired) electrons. The summed E-state index contributed by atoms with van der Waals surface area (Å²) in [4.78, 5) is 31.9. The van der Waals surface area contributed by atoms with Crippen molar-refractivity contribution in [2.24, 2.45) is 4.99 Å². The molecule has 0 atom stereocenters. The van der Waals surface area contributed by atoms with E-state index in [-0.39, 0.29) is 54.3 Å². The van der Waals surface area contributed by atoms with Crippen LogP contribution in [-0.2, 0) is 9.59 Å². The van der Waals surface area contributed by atoms with Gasteiger partial charge in [-0.3, -0.25) is 14.6 Å². The maximum Gasteiger partial charge on any atom is 0.239 e. The minimum atomic E-state index is -0.280. The van der Waals surface area contributed by atoms with E-state index in [0.717, 1.165) is 5.69 Å². The van der Waals surface area contributed by atoms with E-state index in [9.17, 15) is 9.59 Å². The molecule has 0 bridgehead atoms. The Bertz CT molecular complexity index is 628. The SMILES string of the molecule is CN=C(NCCC(=O)Nc1cccc(C)n1)NCC(=O)NC(C)(C)C.I. The highest BCUT2D eigenvalue weighted by Gasteiger charge is 2.13. The molecule has 0 unspecified atom stereocenters. The molecule has 1 rings (SSSR count). The largest absolute Gasteiger partial charge is 0.356 e. The lowest BCUT2D eigenvalue weighted by atomic mass is 10.1. The van der Waals surface area contributed by atoms with E-state index in [1.54, 1.807) is 13.1 Å². The van der Waals surface area contributed by atoms with Gasteiger partial charge in [-0.25, -0.2) is 4.98 Å². The van der Waals surface area contributed by atoms with Crippen LogP contribution in [0, 0.1) is 6.92 Å². The summed E-state index contributed by atoms with van der Waals surface area (Å²) < 4.78 is 0. The lowest BCUT2D eigenvalue weighted by molar-refractivity contribution is -0.121. The summed E-state index contributed by atoms with van der Waals surface area (Å²) in [7, 11) is 1.60. The molecular formula is C17H29IN6O2. The Morgan fingerprint density at radius 1 is 1.15 bits per heavy atom. The Labute approximate surface area is 172 Å². The fourth-order valence-electron chi connectivity index (χ4n) is 1.96. The van der Waals surface area contributed by atoms with Crippen molar-refractivity contribution in [3.05, 3.63) is 23.9 Å². The summed E-state index contributed by atoms with van der Waals surface area (Å²) >= 11 is 0. The fraction of sp³-hybridized carbons (Fsp3) is 0.529. The molecule has 146 valence electrons. The molecule has 2 amide bonds. The number of rotatable bonds is 6. The summed E-state index contributed by atoms with van der Waals surface area (Å²) in [5.41, 5.74) is 0.562. The van der Waals surface area contributed by atoms with Crippen molar-refractivity contribution >= 4 is 47.6 Å². The van der Waals surface area contributed by atoms with Crippen LogP contribution in [0.4, 0.5) is 5.82 Å². The molecule has 1 aromatic rings. The lowest BCUT2D eigenvalue weighted by Gasteiger charge is -2.21. The van der Waals surface area contributed by atoms with Crippen molar-refractivity contribution in [2.45, 2.75) is 39.7 Å². The zero-order valence-corrected chi connectivity index (χ0v) is 18.3. The molecule has 0 spiro atoms. The Morgan fingerprint density at radius 2 is 1.85 bits per heavy atom. The molecule has 0 saturated carbocycles. The molecule has 0 aliphatic rings. The lowest BCUT2D eigenvalue weighted by Crippen LogP contribution is -2.48. The van der Waals surface area contributed by atoms with E-state index in [0.29, 0.717) is 18.3 Å². The highest BCUT2D eigenvalue weighted by atomic mass is 127. The molecule has 1 heterocycles. The second kappa shape index (κ2) is 11.7. The summed E-state index contributed by atoms with van der Waals surface area (Å²) in [5.74, 6) is 0.724. The predicted octanol–water partition coefficient (Wildman–Crippen LogP) is 1.42. The monoisotopic (exact) mass is 476 g/mol. The number of halogens is 1. The molecule has 0 fully saturated rings. The molecule has 0 aromatic carbocycles. The van der Waals surface area contributed by atoms with E-state index >= 15 is 0 Å². The number of carbonyl (C=O) groups is 2. The zero-order valence-electron chi connectivity index (χ0n) is 16.0. The molecule has 9 heteroatoms. The number of pyridine rings is 1. The fourth-order valence-corrected chi connectivity index (χ4v) is 1.96. The highest BCUT2D eigenvalue weighted by molar-refractivity contribution is 14.0. The van der Waals surface area contributed by atoms with Gasteiger partial charge in [-0.15, -0.1) is 24.0 Å². The minimum Gasteiger partial charge on any atom is -0.356 e. The number of aromatic nitrogens is 1. The average Bonchev–Trinajstić information content (AvgIpc) is 2.49. The van der Waals surface area contributed by atoms with Crippen molar-refractivity contribution in [2.75, 3.05) is 25.5 Å². The zero-order chi connectivity index (χ0) is 18.9. The first-order valence-corrected chi connectivity index (χ1v) is 8.18. The highest BCUT2D eigenvalue weighted by Crippen LogP contribution is 2.03. The van der Waals surface area contributed by atoms with Crippen LogP contribution in [0.3, 0.4) is 0 Å². The van der Waals surface area contributed by atoms with E-state index in [2.05, 4.69) is 31.2 Å². The first kappa shape index (κ1) is 24.1. The molecule has 4 N–H and O–H groups in total. The number of guanidine groups is 1. The maximum atomic E-state index is 11.9. The number of hydrogen-bond donors (Lipinski definition) is 4. The third kappa shape index (κ3) is 10.9. The summed E-state index contributed by atoms with van der Waals surface area (Å²) in [5, 5.41) is 11.5. The van der Waals surface area contributed by atoms with Gasteiger partial charge >= 0.3 is 0 Å². The van der Waals surface area contributed by atoms with Gasteiger partial charge in [-0.2, -0.15) is 0 Å². The topological polar surface area (TPSA) is 108 Å². The summed E-state index contributed by atoms with van der Waals surface area (Å²) in [6, 6.07) is 5.44. The molecule has 0 aliphatic carbocycles. The van der Waals surface area contributed by atoms with Crippen LogP contribution in [0.15, 0.2) is 23.2 Å². The summed E-state index contributed by atoms with van der Waals surface area (Å²) in [6.45, 7) is 8.11. The van der Waals surface area contributed by atoms with Gasteiger partial charge in [0.15, 0.2) is 5.96 Å². The number of amides is 2. The van der Waals surface area contributed by atoms with Crippen molar-refractivity contribution in [3.63, 3.8) is 0 Å². The quantitative estimate of drug-likeness (QED) is 0.282. The maximum absolute atomic E-state index is 11.9. The number of aliphatic imine (C=N–C) groups is 1. The van der Waals surface area contributed by atoms with Gasteiger partial charge in [0.2, 0.25) is 11.8 Å². The minimum absolute atomic E-state index is 0. The number of aryl methyl sites for hydroxylation is 1. The van der Waals surface area contributed by atoms with Crippen LogP contribution in [0.25, 0.3) is 0 Å². The van der Waals surface area contributed by atoms with Gasteiger partial charge in [0.1, 0.15) is 5.82 Å². The number of hydrogen-bond acceptors (Lipinski definition) is 4. The average molecular weight is 476 g/mol. The molecule has 0 aliphatic heterocycles. The normalized spacial score (nSPS) is 11.2. The molecular weight excluding hydrogens is 447 g/mol. The second-order valence-corrected chi connectivity index (χ2v) is 6.61. The van der Waals surface area contributed by atoms with Crippen LogP contribution in [0.1, 0.15) is 32.9 Å². The Kier molecular flexibility index (Phi) is 10.8. The number of anilines is 1.